The summed E-state index contributed by atoms with van der Waals surface area (Å²) in [6.07, 6.45) is 0.0896. The molecule has 0 aliphatic carbocycles. The third kappa shape index (κ3) is 5.18. The molecule has 0 aliphatic rings. The second-order valence-corrected chi connectivity index (χ2v) is 7.04. The van der Waals surface area contributed by atoms with Crippen molar-refractivity contribution in [2.24, 2.45) is 0 Å². The molecule has 2 aromatic carbocycles. The Balaban J connectivity index is 2.17. The Morgan fingerprint density at radius 1 is 1.00 bits per heavy atom. The summed E-state index contributed by atoms with van der Waals surface area (Å²) in [5, 5.41) is 2.93. The minimum Gasteiger partial charge on any atom is -0.469 e. The highest BCUT2D eigenvalue weighted by molar-refractivity contribution is 5.94. The molecule has 2 aromatic rings. The summed E-state index contributed by atoms with van der Waals surface area (Å²) in [6.45, 7) is 6.39. The van der Waals surface area contributed by atoms with E-state index in [9.17, 15) is 9.59 Å². The standard InChI is InChI=1S/C21H25NO3/c1-21(2,3)17-12-10-16(11-13-17)20(24)22-18(14-19(23)25-4)15-8-6-5-7-9-15/h5-13,18H,14H2,1-4H3,(H,22,24). The molecule has 0 heterocycles. The van der Waals surface area contributed by atoms with Gasteiger partial charge in [-0.05, 0) is 28.7 Å². The number of esters is 1. The average molecular weight is 339 g/mol. The zero-order chi connectivity index (χ0) is 18.4. The molecule has 1 N–H and O–H groups in total. The smallest absolute Gasteiger partial charge is 0.307 e. The molecular formula is C21H25NO3. The quantitative estimate of drug-likeness (QED) is 0.837. The van der Waals surface area contributed by atoms with Gasteiger partial charge in [0.15, 0.2) is 0 Å². The zero-order valence-electron chi connectivity index (χ0n) is 15.2. The number of carbonyl (C=O) groups excluding carboxylic acids is 2. The van der Waals surface area contributed by atoms with E-state index in [1.54, 1.807) is 0 Å². The molecule has 1 unspecified atom stereocenters. The maximum Gasteiger partial charge on any atom is 0.307 e. The lowest BCUT2D eigenvalue weighted by Crippen LogP contribution is -2.30. The molecule has 0 aliphatic heterocycles. The first-order valence-electron chi connectivity index (χ1n) is 8.34. The Kier molecular flexibility index (Phi) is 5.97. The fourth-order valence-electron chi connectivity index (χ4n) is 2.55. The van der Waals surface area contributed by atoms with Gasteiger partial charge in [-0.1, -0.05) is 63.2 Å². The summed E-state index contributed by atoms with van der Waals surface area (Å²) in [4.78, 5) is 24.3. The van der Waals surface area contributed by atoms with Crippen LogP contribution in [0.4, 0.5) is 0 Å². The number of hydrogen-bond donors (Lipinski definition) is 1. The van der Waals surface area contributed by atoms with Gasteiger partial charge in [0.05, 0.1) is 19.6 Å². The van der Waals surface area contributed by atoms with Crippen molar-refractivity contribution in [1.82, 2.24) is 5.32 Å². The summed E-state index contributed by atoms with van der Waals surface area (Å²) in [5.41, 5.74) is 2.64. The maximum atomic E-state index is 12.6. The molecule has 0 saturated carbocycles. The molecular weight excluding hydrogens is 314 g/mol. The number of nitrogens with one attached hydrogen (secondary N) is 1. The van der Waals surface area contributed by atoms with Crippen molar-refractivity contribution >= 4 is 11.9 Å². The van der Waals surface area contributed by atoms with Gasteiger partial charge in [-0.25, -0.2) is 0 Å². The van der Waals surface area contributed by atoms with E-state index in [1.807, 2.05) is 54.6 Å². The summed E-state index contributed by atoms with van der Waals surface area (Å²) < 4.78 is 4.75. The second-order valence-electron chi connectivity index (χ2n) is 7.04. The van der Waals surface area contributed by atoms with E-state index in [4.69, 9.17) is 4.74 Å². The van der Waals surface area contributed by atoms with Gasteiger partial charge in [0.25, 0.3) is 5.91 Å². The highest BCUT2D eigenvalue weighted by atomic mass is 16.5. The number of hydrogen-bond acceptors (Lipinski definition) is 3. The topological polar surface area (TPSA) is 55.4 Å². The lowest BCUT2D eigenvalue weighted by molar-refractivity contribution is -0.141. The van der Waals surface area contributed by atoms with Crippen LogP contribution in [0.3, 0.4) is 0 Å². The van der Waals surface area contributed by atoms with E-state index in [-0.39, 0.29) is 23.7 Å². The maximum absolute atomic E-state index is 12.6. The van der Waals surface area contributed by atoms with Crippen molar-refractivity contribution in [3.05, 3.63) is 71.3 Å². The van der Waals surface area contributed by atoms with E-state index >= 15 is 0 Å². The highest BCUT2D eigenvalue weighted by Gasteiger charge is 2.20. The zero-order valence-corrected chi connectivity index (χ0v) is 15.2. The molecule has 25 heavy (non-hydrogen) atoms. The number of amides is 1. The van der Waals surface area contributed by atoms with Crippen molar-refractivity contribution in [3.63, 3.8) is 0 Å². The third-order valence-corrected chi connectivity index (χ3v) is 4.12. The SMILES string of the molecule is COC(=O)CC(NC(=O)c1ccc(C(C)(C)C)cc1)c1ccccc1. The van der Waals surface area contributed by atoms with Gasteiger partial charge in [0.2, 0.25) is 0 Å². The lowest BCUT2D eigenvalue weighted by atomic mass is 9.86. The number of methoxy groups -OCH3 is 1. The van der Waals surface area contributed by atoms with Crippen molar-refractivity contribution in [2.45, 2.75) is 38.6 Å². The van der Waals surface area contributed by atoms with Crippen LogP contribution in [0.5, 0.6) is 0 Å². The monoisotopic (exact) mass is 339 g/mol. The van der Waals surface area contributed by atoms with Crippen LogP contribution < -0.4 is 5.32 Å². The molecule has 4 heteroatoms. The van der Waals surface area contributed by atoms with E-state index in [0.29, 0.717) is 5.56 Å². The molecule has 0 saturated heterocycles. The minimum atomic E-state index is -0.427. The Bertz CT molecular complexity index is 715. The molecule has 2 rings (SSSR count). The van der Waals surface area contributed by atoms with E-state index in [1.165, 1.54) is 12.7 Å². The fourth-order valence-corrected chi connectivity index (χ4v) is 2.55. The Morgan fingerprint density at radius 2 is 1.60 bits per heavy atom. The number of benzene rings is 2. The van der Waals surface area contributed by atoms with Gasteiger partial charge < -0.3 is 10.1 Å². The lowest BCUT2D eigenvalue weighted by Gasteiger charge is -2.20. The van der Waals surface area contributed by atoms with Gasteiger partial charge in [0.1, 0.15) is 0 Å². The van der Waals surface area contributed by atoms with Crippen LogP contribution in [0.1, 0.15) is 54.7 Å². The second kappa shape index (κ2) is 7.97. The number of ether oxygens (including phenoxy) is 1. The molecule has 4 nitrogen and oxygen atoms in total. The van der Waals surface area contributed by atoms with Gasteiger partial charge in [-0.15, -0.1) is 0 Å². The molecule has 1 atom stereocenters. The normalized spacial score (nSPS) is 12.3. The van der Waals surface area contributed by atoms with E-state index in [0.717, 1.165) is 5.56 Å². The van der Waals surface area contributed by atoms with Gasteiger partial charge >= 0.3 is 5.97 Å². The summed E-state index contributed by atoms with van der Waals surface area (Å²) in [6, 6.07) is 16.6. The third-order valence-electron chi connectivity index (χ3n) is 4.12. The van der Waals surface area contributed by atoms with Crippen LogP contribution in [-0.4, -0.2) is 19.0 Å². The van der Waals surface area contributed by atoms with Crippen molar-refractivity contribution in [2.75, 3.05) is 7.11 Å². The molecule has 0 spiro atoms. The van der Waals surface area contributed by atoms with Crippen LogP contribution in [0.2, 0.25) is 0 Å². The van der Waals surface area contributed by atoms with Gasteiger partial charge in [0, 0.05) is 5.56 Å². The first kappa shape index (κ1) is 18.7. The first-order chi connectivity index (χ1) is 11.8. The Labute approximate surface area is 149 Å². The van der Waals surface area contributed by atoms with Crippen molar-refractivity contribution in [1.29, 1.82) is 0 Å². The summed E-state index contributed by atoms with van der Waals surface area (Å²) >= 11 is 0. The van der Waals surface area contributed by atoms with Crippen molar-refractivity contribution in [3.8, 4) is 0 Å². The predicted octanol–water partition coefficient (Wildman–Crippen LogP) is 4.02. The van der Waals surface area contributed by atoms with Crippen molar-refractivity contribution < 1.29 is 14.3 Å². The fraction of sp³-hybridized carbons (Fsp3) is 0.333. The summed E-state index contributed by atoms with van der Waals surface area (Å²) in [7, 11) is 1.34. The highest BCUT2D eigenvalue weighted by Crippen LogP contribution is 2.23. The number of rotatable bonds is 5. The molecule has 0 aromatic heterocycles. The molecule has 0 radical (unpaired) electrons. The predicted molar refractivity (Wildman–Crippen MR) is 98.4 cm³/mol. The largest absolute Gasteiger partial charge is 0.469 e. The molecule has 132 valence electrons. The van der Waals surface area contributed by atoms with Gasteiger partial charge in [-0.3, -0.25) is 9.59 Å². The van der Waals surface area contributed by atoms with E-state index in [2.05, 4.69) is 26.1 Å². The Hall–Kier alpha value is -2.62. The first-order valence-corrected chi connectivity index (χ1v) is 8.34. The molecule has 0 bridgehead atoms. The van der Waals surface area contributed by atoms with Crippen LogP contribution in [0, 0.1) is 0 Å². The van der Waals surface area contributed by atoms with E-state index < -0.39 is 6.04 Å². The molecule has 0 fully saturated rings. The minimum absolute atomic E-state index is 0.0342. The summed E-state index contributed by atoms with van der Waals surface area (Å²) in [5.74, 6) is -0.574. The van der Waals surface area contributed by atoms with Crippen LogP contribution in [-0.2, 0) is 14.9 Å². The number of carbonyl (C=O) groups is 2. The van der Waals surface area contributed by atoms with Crippen LogP contribution in [0.25, 0.3) is 0 Å². The molecule has 1 amide bonds. The van der Waals surface area contributed by atoms with Crippen LogP contribution in [0.15, 0.2) is 54.6 Å². The van der Waals surface area contributed by atoms with Crippen LogP contribution >= 0.6 is 0 Å². The van der Waals surface area contributed by atoms with Gasteiger partial charge in [-0.2, -0.15) is 0 Å². The Morgan fingerprint density at radius 3 is 2.12 bits per heavy atom. The average Bonchev–Trinajstić information content (AvgIpc) is 2.61.